The van der Waals surface area contributed by atoms with Crippen molar-refractivity contribution in [2.24, 2.45) is 0 Å². The molecule has 0 bridgehead atoms. The van der Waals surface area contributed by atoms with Crippen molar-refractivity contribution in [1.29, 1.82) is 0 Å². The molecule has 7 nitrogen and oxygen atoms in total. The first-order valence-corrected chi connectivity index (χ1v) is 8.91. The van der Waals surface area contributed by atoms with Crippen molar-refractivity contribution in [3.8, 4) is 11.4 Å². The van der Waals surface area contributed by atoms with Gasteiger partial charge in [-0.15, -0.1) is 0 Å². The molecular formula is C18H11BrClN3O4. The topological polar surface area (TPSA) is 99.4 Å². The maximum absolute atomic E-state index is 12.5. The summed E-state index contributed by atoms with van der Waals surface area (Å²) in [6, 6.07) is 10.1. The second kappa shape index (κ2) is 6.40. The summed E-state index contributed by atoms with van der Waals surface area (Å²) in [5.74, 6) is 0.268. The molecule has 27 heavy (non-hydrogen) atoms. The number of H-pyrrole nitrogens is 1. The predicted octanol–water partition coefficient (Wildman–Crippen LogP) is 4.87. The Morgan fingerprint density at radius 3 is 2.78 bits per heavy atom. The Hall–Kier alpha value is -2.84. The van der Waals surface area contributed by atoms with Gasteiger partial charge in [0.1, 0.15) is 16.9 Å². The maximum atomic E-state index is 12.5. The van der Waals surface area contributed by atoms with E-state index in [1.807, 2.05) is 12.1 Å². The first kappa shape index (κ1) is 17.6. The highest BCUT2D eigenvalue weighted by Gasteiger charge is 2.17. The lowest BCUT2D eigenvalue weighted by atomic mass is 10.1. The molecule has 9 heteroatoms. The van der Waals surface area contributed by atoms with Gasteiger partial charge in [-0.2, -0.15) is 0 Å². The summed E-state index contributed by atoms with van der Waals surface area (Å²) in [6.45, 7) is 0. The summed E-state index contributed by atoms with van der Waals surface area (Å²) in [6.07, 6.45) is -1.11. The van der Waals surface area contributed by atoms with E-state index in [0.717, 1.165) is 9.37 Å². The average Bonchev–Trinajstić information content (AvgIpc) is 2.99. The SMILES string of the molecule is CN(C(=O)O)c1ccc(-c2nc3c(oc4ccc(Br)cc43)c(=O)[nH]2)c(Cl)c1. The van der Waals surface area contributed by atoms with Gasteiger partial charge in [-0.3, -0.25) is 9.69 Å². The number of rotatable bonds is 2. The summed E-state index contributed by atoms with van der Waals surface area (Å²) >= 11 is 9.72. The molecule has 2 N–H and O–H groups in total. The van der Waals surface area contributed by atoms with Crippen molar-refractivity contribution in [1.82, 2.24) is 9.97 Å². The van der Waals surface area contributed by atoms with E-state index in [1.165, 1.54) is 13.1 Å². The van der Waals surface area contributed by atoms with E-state index >= 15 is 0 Å². The van der Waals surface area contributed by atoms with Gasteiger partial charge in [0.15, 0.2) is 0 Å². The number of amides is 1. The van der Waals surface area contributed by atoms with Crippen molar-refractivity contribution in [2.45, 2.75) is 0 Å². The highest BCUT2D eigenvalue weighted by Crippen LogP contribution is 2.32. The van der Waals surface area contributed by atoms with Gasteiger partial charge in [0.25, 0.3) is 5.56 Å². The number of carbonyl (C=O) groups is 1. The van der Waals surface area contributed by atoms with Gasteiger partial charge in [-0.1, -0.05) is 27.5 Å². The summed E-state index contributed by atoms with van der Waals surface area (Å²) in [5, 5.41) is 10.0. The molecule has 0 saturated heterocycles. The number of hydrogen-bond acceptors (Lipinski definition) is 4. The number of fused-ring (bicyclic) bond motifs is 3. The van der Waals surface area contributed by atoms with Crippen LogP contribution in [0, 0.1) is 0 Å². The summed E-state index contributed by atoms with van der Waals surface area (Å²) in [5.41, 5.74) is 1.55. The molecule has 0 saturated carbocycles. The number of furan rings is 1. The van der Waals surface area contributed by atoms with E-state index in [1.54, 1.807) is 18.2 Å². The number of halogens is 2. The lowest BCUT2D eigenvalue weighted by Gasteiger charge is -2.14. The summed E-state index contributed by atoms with van der Waals surface area (Å²) < 4.78 is 6.44. The molecule has 136 valence electrons. The van der Waals surface area contributed by atoms with Crippen molar-refractivity contribution in [3.63, 3.8) is 0 Å². The van der Waals surface area contributed by atoms with Crippen molar-refractivity contribution in [2.75, 3.05) is 11.9 Å². The van der Waals surface area contributed by atoms with E-state index in [-0.39, 0.29) is 16.4 Å². The van der Waals surface area contributed by atoms with E-state index in [9.17, 15) is 9.59 Å². The molecule has 0 aliphatic rings. The average molecular weight is 449 g/mol. The van der Waals surface area contributed by atoms with E-state index in [2.05, 4.69) is 25.9 Å². The number of aromatic nitrogens is 2. The largest absolute Gasteiger partial charge is 0.465 e. The molecule has 0 fully saturated rings. The van der Waals surface area contributed by atoms with Crippen LogP contribution >= 0.6 is 27.5 Å². The number of nitrogens with one attached hydrogen (secondary N) is 1. The zero-order chi connectivity index (χ0) is 19.3. The van der Waals surface area contributed by atoms with Gasteiger partial charge in [0.05, 0.1) is 5.02 Å². The van der Waals surface area contributed by atoms with Crippen LogP contribution in [0.4, 0.5) is 10.5 Å². The van der Waals surface area contributed by atoms with Crippen LogP contribution in [0.15, 0.2) is 50.1 Å². The molecule has 2 aromatic carbocycles. The van der Waals surface area contributed by atoms with Gasteiger partial charge in [0, 0.05) is 28.2 Å². The van der Waals surface area contributed by atoms with Gasteiger partial charge in [0.2, 0.25) is 5.58 Å². The molecule has 1 amide bonds. The van der Waals surface area contributed by atoms with Gasteiger partial charge < -0.3 is 14.5 Å². The smallest absolute Gasteiger partial charge is 0.411 e. The number of nitrogens with zero attached hydrogens (tertiary/aromatic N) is 2. The molecular weight excluding hydrogens is 438 g/mol. The fraction of sp³-hybridized carbons (Fsp3) is 0.0556. The molecule has 2 heterocycles. The zero-order valence-corrected chi connectivity index (χ0v) is 16.1. The lowest BCUT2D eigenvalue weighted by Crippen LogP contribution is -2.23. The molecule has 4 aromatic rings. The Kier molecular flexibility index (Phi) is 4.16. The Labute approximate surface area is 165 Å². The standard InChI is InChI=1S/C18H11BrClN3O4/c1-23(18(25)26)9-3-4-10(12(20)7-9)16-21-14-11-6-8(19)2-5-13(11)27-15(14)17(24)22-16/h2-7H,1H3,(H,25,26)(H,21,22,24). The minimum absolute atomic E-state index is 0.130. The van der Waals surface area contributed by atoms with Gasteiger partial charge in [-0.05, 0) is 36.4 Å². The van der Waals surface area contributed by atoms with Crippen molar-refractivity contribution in [3.05, 3.63) is 56.2 Å². The van der Waals surface area contributed by atoms with E-state index in [0.29, 0.717) is 27.7 Å². The van der Waals surface area contributed by atoms with Crippen LogP contribution in [0.2, 0.25) is 5.02 Å². The number of anilines is 1. The number of benzene rings is 2. The molecule has 0 unspecified atom stereocenters. The lowest BCUT2D eigenvalue weighted by molar-refractivity contribution is 0.203. The number of aromatic amines is 1. The number of carboxylic acid groups (broad SMARTS) is 1. The highest BCUT2D eigenvalue weighted by molar-refractivity contribution is 9.10. The molecule has 0 aliphatic heterocycles. The van der Waals surface area contributed by atoms with Crippen LogP contribution in [0.25, 0.3) is 33.5 Å². The molecule has 2 aromatic heterocycles. The zero-order valence-electron chi connectivity index (χ0n) is 13.8. The van der Waals surface area contributed by atoms with Crippen LogP contribution in [0.5, 0.6) is 0 Å². The second-order valence-electron chi connectivity index (χ2n) is 5.84. The molecule has 0 spiro atoms. The molecule has 0 aliphatic carbocycles. The first-order chi connectivity index (χ1) is 12.8. The first-order valence-electron chi connectivity index (χ1n) is 7.74. The van der Waals surface area contributed by atoms with Crippen molar-refractivity contribution < 1.29 is 14.3 Å². The molecule has 0 radical (unpaired) electrons. The normalized spacial score (nSPS) is 11.2. The third kappa shape index (κ3) is 2.96. The van der Waals surface area contributed by atoms with Crippen LogP contribution < -0.4 is 10.5 Å². The fourth-order valence-electron chi connectivity index (χ4n) is 2.77. The Morgan fingerprint density at radius 1 is 1.30 bits per heavy atom. The van der Waals surface area contributed by atoms with Crippen LogP contribution in [-0.2, 0) is 0 Å². The van der Waals surface area contributed by atoms with Crippen molar-refractivity contribution >= 4 is 61.4 Å². The Morgan fingerprint density at radius 2 is 2.07 bits per heavy atom. The minimum atomic E-state index is -1.11. The maximum Gasteiger partial charge on any atom is 0.411 e. The van der Waals surface area contributed by atoms with Crippen LogP contribution in [0.1, 0.15) is 0 Å². The fourth-order valence-corrected chi connectivity index (χ4v) is 3.39. The Bertz CT molecular complexity index is 1280. The third-order valence-corrected chi connectivity index (χ3v) is 4.97. The van der Waals surface area contributed by atoms with Gasteiger partial charge in [-0.25, -0.2) is 9.78 Å². The summed E-state index contributed by atoms with van der Waals surface area (Å²) in [4.78, 5) is 31.8. The Balaban J connectivity index is 1.91. The summed E-state index contributed by atoms with van der Waals surface area (Å²) in [7, 11) is 1.41. The third-order valence-electron chi connectivity index (χ3n) is 4.17. The van der Waals surface area contributed by atoms with Gasteiger partial charge >= 0.3 is 6.09 Å². The highest BCUT2D eigenvalue weighted by atomic mass is 79.9. The number of hydrogen-bond donors (Lipinski definition) is 2. The monoisotopic (exact) mass is 447 g/mol. The van der Waals surface area contributed by atoms with E-state index < -0.39 is 11.7 Å². The second-order valence-corrected chi connectivity index (χ2v) is 7.16. The van der Waals surface area contributed by atoms with E-state index in [4.69, 9.17) is 21.1 Å². The quantitative estimate of drug-likeness (QED) is 0.456. The van der Waals surface area contributed by atoms with Crippen LogP contribution in [0.3, 0.4) is 0 Å². The predicted molar refractivity (Wildman–Crippen MR) is 107 cm³/mol. The molecule has 4 rings (SSSR count). The van der Waals surface area contributed by atoms with Crippen LogP contribution in [-0.4, -0.2) is 28.2 Å². The molecule has 0 atom stereocenters. The minimum Gasteiger partial charge on any atom is -0.465 e.